The number of thioether (sulfide) groups is 1. The Morgan fingerprint density at radius 1 is 1.36 bits per heavy atom. The van der Waals surface area contributed by atoms with Crippen LogP contribution in [0.5, 0.6) is 0 Å². The van der Waals surface area contributed by atoms with E-state index >= 15 is 0 Å². The number of carbonyl (C=O) groups excluding carboxylic acids is 2. The van der Waals surface area contributed by atoms with E-state index in [1.807, 2.05) is 54.3 Å². The van der Waals surface area contributed by atoms with Crippen LogP contribution in [0.4, 0.5) is 0 Å². The van der Waals surface area contributed by atoms with Crippen LogP contribution in [0.2, 0.25) is 0 Å². The SMILES string of the molecule is C/C=C/CN1C(=O)CC[C@H]1CC(=O)N1C(=S)SC[C@H]1c1ccccc1. The van der Waals surface area contributed by atoms with Crippen molar-refractivity contribution in [3.8, 4) is 0 Å². The first-order valence-electron chi connectivity index (χ1n) is 8.56. The van der Waals surface area contributed by atoms with Crippen LogP contribution < -0.4 is 0 Å². The highest BCUT2D eigenvalue weighted by Gasteiger charge is 2.38. The summed E-state index contributed by atoms with van der Waals surface area (Å²) in [5.74, 6) is 0.948. The molecule has 2 aliphatic heterocycles. The average Bonchev–Trinajstić information content (AvgIpc) is 3.17. The second-order valence-corrected chi connectivity index (χ2v) is 7.93. The lowest BCUT2D eigenvalue weighted by Gasteiger charge is -2.28. The van der Waals surface area contributed by atoms with E-state index in [1.165, 1.54) is 0 Å². The number of rotatable bonds is 5. The lowest BCUT2D eigenvalue weighted by molar-refractivity contribution is -0.131. The van der Waals surface area contributed by atoms with Gasteiger partial charge in [0.05, 0.1) is 6.04 Å². The summed E-state index contributed by atoms with van der Waals surface area (Å²) in [6.07, 6.45) is 5.50. The molecule has 4 nitrogen and oxygen atoms in total. The summed E-state index contributed by atoms with van der Waals surface area (Å²) >= 11 is 6.99. The Kier molecular flexibility index (Phi) is 5.91. The van der Waals surface area contributed by atoms with E-state index in [1.54, 1.807) is 16.7 Å². The standard InChI is InChI=1S/C19H22N2O2S2/c1-2-3-11-20-15(9-10-17(20)22)12-18(23)21-16(13-25-19(21)24)14-7-5-4-6-8-14/h2-8,15-16H,9-13H2,1H3/b3-2+/t15-,16-/m0/s1. The highest BCUT2D eigenvalue weighted by Crippen LogP contribution is 2.36. The van der Waals surface area contributed by atoms with Crippen LogP contribution in [0.1, 0.15) is 37.8 Å². The van der Waals surface area contributed by atoms with Gasteiger partial charge in [0, 0.05) is 31.2 Å². The van der Waals surface area contributed by atoms with Gasteiger partial charge in [0.25, 0.3) is 0 Å². The Bertz CT molecular complexity index is 690. The Morgan fingerprint density at radius 3 is 2.84 bits per heavy atom. The number of thiocarbonyl (C=S) groups is 1. The zero-order valence-electron chi connectivity index (χ0n) is 14.3. The van der Waals surface area contributed by atoms with E-state index in [4.69, 9.17) is 12.2 Å². The molecule has 2 aliphatic rings. The van der Waals surface area contributed by atoms with Crippen LogP contribution in [0.15, 0.2) is 42.5 Å². The van der Waals surface area contributed by atoms with E-state index in [0.29, 0.717) is 23.7 Å². The third-order valence-corrected chi connectivity index (χ3v) is 6.20. The van der Waals surface area contributed by atoms with Crippen LogP contribution in [-0.4, -0.2) is 44.3 Å². The monoisotopic (exact) mass is 374 g/mol. The number of amides is 2. The predicted molar refractivity (Wildman–Crippen MR) is 105 cm³/mol. The summed E-state index contributed by atoms with van der Waals surface area (Å²) in [6, 6.07) is 9.98. The van der Waals surface area contributed by atoms with Crippen LogP contribution in [0.25, 0.3) is 0 Å². The summed E-state index contributed by atoms with van der Waals surface area (Å²) in [6.45, 7) is 2.51. The summed E-state index contributed by atoms with van der Waals surface area (Å²) in [4.78, 5) is 28.6. The molecule has 132 valence electrons. The van der Waals surface area contributed by atoms with Gasteiger partial charge in [0.15, 0.2) is 0 Å². The number of carbonyl (C=O) groups is 2. The second-order valence-electron chi connectivity index (χ2n) is 6.28. The number of likely N-dealkylation sites (tertiary alicyclic amines) is 1. The first kappa shape index (κ1) is 18.1. The van der Waals surface area contributed by atoms with Crippen molar-refractivity contribution in [2.24, 2.45) is 0 Å². The van der Waals surface area contributed by atoms with E-state index in [-0.39, 0.29) is 23.9 Å². The highest BCUT2D eigenvalue weighted by molar-refractivity contribution is 8.23. The first-order chi connectivity index (χ1) is 12.1. The van der Waals surface area contributed by atoms with Crippen LogP contribution >= 0.6 is 24.0 Å². The molecule has 1 aromatic carbocycles. The Morgan fingerprint density at radius 2 is 2.12 bits per heavy atom. The minimum Gasteiger partial charge on any atom is -0.335 e. The molecule has 0 aliphatic carbocycles. The van der Waals surface area contributed by atoms with Gasteiger partial charge < -0.3 is 4.90 Å². The smallest absolute Gasteiger partial charge is 0.230 e. The molecule has 0 radical (unpaired) electrons. The van der Waals surface area contributed by atoms with Crippen molar-refractivity contribution in [3.63, 3.8) is 0 Å². The normalized spacial score (nSPS) is 23.9. The first-order valence-corrected chi connectivity index (χ1v) is 9.95. The maximum absolute atomic E-state index is 13.0. The molecule has 3 rings (SSSR count). The number of nitrogens with zero attached hydrogens (tertiary/aromatic N) is 2. The zero-order valence-corrected chi connectivity index (χ0v) is 15.9. The lowest BCUT2D eigenvalue weighted by atomic mass is 10.1. The number of hydrogen-bond donors (Lipinski definition) is 0. The van der Waals surface area contributed by atoms with Gasteiger partial charge in [-0.05, 0) is 18.9 Å². The van der Waals surface area contributed by atoms with Gasteiger partial charge in [-0.1, -0.05) is 66.5 Å². The molecular weight excluding hydrogens is 352 g/mol. The molecule has 2 amide bonds. The lowest BCUT2D eigenvalue weighted by Crippen LogP contribution is -2.40. The van der Waals surface area contributed by atoms with Gasteiger partial charge in [-0.15, -0.1) is 0 Å². The molecule has 2 heterocycles. The summed E-state index contributed by atoms with van der Waals surface area (Å²) in [5.41, 5.74) is 1.11. The molecule has 0 aromatic heterocycles. The fourth-order valence-electron chi connectivity index (χ4n) is 3.39. The fourth-order valence-corrected chi connectivity index (χ4v) is 4.84. The summed E-state index contributed by atoms with van der Waals surface area (Å²) < 4.78 is 0.642. The van der Waals surface area contributed by atoms with Gasteiger partial charge in [-0.2, -0.15) is 0 Å². The van der Waals surface area contributed by atoms with Gasteiger partial charge >= 0.3 is 0 Å². The molecule has 1 aromatic rings. The number of allylic oxidation sites excluding steroid dienone is 1. The van der Waals surface area contributed by atoms with Gasteiger partial charge in [-0.25, -0.2) is 0 Å². The molecule has 2 atom stereocenters. The van der Waals surface area contributed by atoms with E-state index in [9.17, 15) is 9.59 Å². The fraction of sp³-hybridized carbons (Fsp3) is 0.421. The molecular formula is C19H22N2O2S2. The predicted octanol–water partition coefficient (Wildman–Crippen LogP) is 3.55. The minimum atomic E-state index is -0.0268. The van der Waals surface area contributed by atoms with Gasteiger partial charge in [-0.3, -0.25) is 14.5 Å². The maximum Gasteiger partial charge on any atom is 0.230 e. The van der Waals surface area contributed by atoms with Gasteiger partial charge in [0.2, 0.25) is 11.8 Å². The molecule has 0 spiro atoms. The highest BCUT2D eigenvalue weighted by atomic mass is 32.2. The van der Waals surface area contributed by atoms with Gasteiger partial charge in [0.1, 0.15) is 4.32 Å². The van der Waals surface area contributed by atoms with Crippen LogP contribution in [0, 0.1) is 0 Å². The minimum absolute atomic E-state index is 0.00714. The van der Waals surface area contributed by atoms with Crippen LogP contribution in [-0.2, 0) is 9.59 Å². The number of benzene rings is 1. The number of hydrogen-bond acceptors (Lipinski definition) is 4. The third kappa shape index (κ3) is 3.96. The molecule has 0 unspecified atom stereocenters. The molecule has 2 saturated heterocycles. The second kappa shape index (κ2) is 8.15. The van der Waals surface area contributed by atoms with Crippen molar-refractivity contribution in [2.75, 3.05) is 12.3 Å². The van der Waals surface area contributed by atoms with Crippen molar-refractivity contribution < 1.29 is 9.59 Å². The van der Waals surface area contributed by atoms with E-state index in [0.717, 1.165) is 17.7 Å². The molecule has 0 bridgehead atoms. The van der Waals surface area contributed by atoms with E-state index < -0.39 is 0 Å². The summed E-state index contributed by atoms with van der Waals surface area (Å²) in [5, 5.41) is 0. The molecule has 25 heavy (non-hydrogen) atoms. The average molecular weight is 375 g/mol. The Balaban J connectivity index is 1.73. The van der Waals surface area contributed by atoms with E-state index in [2.05, 4.69) is 0 Å². The molecule has 0 N–H and O–H groups in total. The third-order valence-electron chi connectivity index (χ3n) is 4.73. The topological polar surface area (TPSA) is 40.6 Å². The largest absolute Gasteiger partial charge is 0.335 e. The van der Waals surface area contributed by atoms with Crippen molar-refractivity contribution in [1.82, 2.24) is 9.80 Å². The Labute approximate surface area is 158 Å². The van der Waals surface area contributed by atoms with Crippen LogP contribution in [0.3, 0.4) is 0 Å². The molecule has 6 heteroatoms. The maximum atomic E-state index is 13.0. The molecule has 2 fully saturated rings. The van der Waals surface area contributed by atoms with Crippen molar-refractivity contribution in [3.05, 3.63) is 48.0 Å². The van der Waals surface area contributed by atoms with Crippen molar-refractivity contribution in [1.29, 1.82) is 0 Å². The molecule has 0 saturated carbocycles. The van der Waals surface area contributed by atoms with Crippen molar-refractivity contribution in [2.45, 2.75) is 38.3 Å². The summed E-state index contributed by atoms with van der Waals surface area (Å²) in [7, 11) is 0. The Hall–Kier alpha value is -1.66. The zero-order chi connectivity index (χ0) is 17.8. The van der Waals surface area contributed by atoms with Crippen molar-refractivity contribution >= 4 is 40.1 Å². The quantitative estimate of drug-likeness (QED) is 0.584.